The first-order valence-corrected chi connectivity index (χ1v) is 6.41. The molecule has 0 bridgehead atoms. The van der Waals surface area contributed by atoms with E-state index in [1.807, 2.05) is 19.2 Å². The van der Waals surface area contributed by atoms with Crippen LogP contribution >= 0.6 is 11.3 Å². The first-order chi connectivity index (χ1) is 8.56. The number of carbonyl (C=O) groups is 1. The SMILES string of the molecule is Cc1csc(CNC(C)c2ccc(C(=O)O)o2)n1. The standard InChI is InChI=1S/C12H14N2O3S/c1-7-6-18-11(14-7)5-13-8(2)9-3-4-10(17-9)12(15)16/h3-4,6,8,13H,5H2,1-2H3,(H,15,16). The Morgan fingerprint density at radius 2 is 2.39 bits per heavy atom. The van der Waals surface area contributed by atoms with Gasteiger partial charge < -0.3 is 14.8 Å². The van der Waals surface area contributed by atoms with Gasteiger partial charge in [-0.05, 0) is 26.0 Å². The molecule has 0 aliphatic carbocycles. The van der Waals surface area contributed by atoms with E-state index in [1.54, 1.807) is 17.4 Å². The third-order valence-electron chi connectivity index (χ3n) is 2.49. The van der Waals surface area contributed by atoms with Crippen LogP contribution in [0.25, 0.3) is 0 Å². The fraction of sp³-hybridized carbons (Fsp3) is 0.333. The van der Waals surface area contributed by atoms with Crippen LogP contribution in [0.2, 0.25) is 0 Å². The highest BCUT2D eigenvalue weighted by molar-refractivity contribution is 7.09. The van der Waals surface area contributed by atoms with Crippen molar-refractivity contribution < 1.29 is 14.3 Å². The Morgan fingerprint density at radius 3 is 2.94 bits per heavy atom. The summed E-state index contributed by atoms with van der Waals surface area (Å²) in [5.74, 6) is -0.478. The Balaban J connectivity index is 1.94. The van der Waals surface area contributed by atoms with Crippen molar-refractivity contribution in [2.24, 2.45) is 0 Å². The van der Waals surface area contributed by atoms with E-state index in [2.05, 4.69) is 10.3 Å². The van der Waals surface area contributed by atoms with Crippen molar-refractivity contribution >= 4 is 17.3 Å². The molecule has 2 rings (SSSR count). The van der Waals surface area contributed by atoms with Gasteiger partial charge in [0.15, 0.2) is 0 Å². The molecule has 0 saturated heterocycles. The molecule has 0 spiro atoms. The van der Waals surface area contributed by atoms with E-state index in [9.17, 15) is 4.79 Å². The van der Waals surface area contributed by atoms with Crippen LogP contribution in [0.1, 0.15) is 40.0 Å². The summed E-state index contributed by atoms with van der Waals surface area (Å²) in [6, 6.07) is 3.08. The molecular weight excluding hydrogens is 252 g/mol. The van der Waals surface area contributed by atoms with Crippen molar-refractivity contribution in [3.63, 3.8) is 0 Å². The predicted molar refractivity (Wildman–Crippen MR) is 67.8 cm³/mol. The molecule has 0 aromatic carbocycles. The number of aromatic carboxylic acids is 1. The molecule has 2 N–H and O–H groups in total. The number of carboxylic acids is 1. The lowest BCUT2D eigenvalue weighted by molar-refractivity contribution is 0.0659. The quantitative estimate of drug-likeness (QED) is 0.870. The lowest BCUT2D eigenvalue weighted by Gasteiger charge is -2.09. The van der Waals surface area contributed by atoms with Gasteiger partial charge in [-0.3, -0.25) is 0 Å². The number of furan rings is 1. The van der Waals surface area contributed by atoms with Gasteiger partial charge in [-0.2, -0.15) is 0 Å². The largest absolute Gasteiger partial charge is 0.475 e. The highest BCUT2D eigenvalue weighted by Crippen LogP contribution is 2.17. The zero-order valence-electron chi connectivity index (χ0n) is 10.1. The minimum Gasteiger partial charge on any atom is -0.475 e. The molecule has 0 radical (unpaired) electrons. The molecular formula is C12H14N2O3S. The second-order valence-electron chi connectivity index (χ2n) is 3.99. The Kier molecular flexibility index (Phi) is 3.78. The van der Waals surface area contributed by atoms with Crippen LogP contribution in [-0.2, 0) is 6.54 Å². The van der Waals surface area contributed by atoms with E-state index in [4.69, 9.17) is 9.52 Å². The normalized spacial score (nSPS) is 12.6. The van der Waals surface area contributed by atoms with Crippen molar-refractivity contribution in [3.8, 4) is 0 Å². The third kappa shape index (κ3) is 2.96. The van der Waals surface area contributed by atoms with Gasteiger partial charge in [0.2, 0.25) is 5.76 Å². The van der Waals surface area contributed by atoms with Gasteiger partial charge in [0, 0.05) is 17.6 Å². The van der Waals surface area contributed by atoms with Gasteiger partial charge in [0.1, 0.15) is 10.8 Å². The fourth-order valence-electron chi connectivity index (χ4n) is 1.53. The number of nitrogens with one attached hydrogen (secondary N) is 1. The minimum atomic E-state index is -1.05. The molecule has 1 atom stereocenters. The molecule has 18 heavy (non-hydrogen) atoms. The zero-order valence-corrected chi connectivity index (χ0v) is 11.0. The van der Waals surface area contributed by atoms with Gasteiger partial charge in [-0.1, -0.05) is 0 Å². The number of nitrogens with zero attached hydrogens (tertiary/aromatic N) is 1. The van der Waals surface area contributed by atoms with E-state index in [-0.39, 0.29) is 11.8 Å². The second kappa shape index (κ2) is 5.32. The smallest absolute Gasteiger partial charge is 0.371 e. The van der Waals surface area contributed by atoms with Crippen LogP contribution in [-0.4, -0.2) is 16.1 Å². The van der Waals surface area contributed by atoms with Gasteiger partial charge in [0.25, 0.3) is 0 Å². The number of aryl methyl sites for hydroxylation is 1. The van der Waals surface area contributed by atoms with Gasteiger partial charge in [-0.25, -0.2) is 9.78 Å². The minimum absolute atomic E-state index is 0.0382. The zero-order chi connectivity index (χ0) is 13.1. The summed E-state index contributed by atoms with van der Waals surface area (Å²) in [5, 5.41) is 15.0. The number of aromatic nitrogens is 1. The monoisotopic (exact) mass is 266 g/mol. The van der Waals surface area contributed by atoms with Crippen molar-refractivity contribution in [1.82, 2.24) is 10.3 Å². The number of thiazole rings is 1. The average molecular weight is 266 g/mol. The first kappa shape index (κ1) is 12.8. The summed E-state index contributed by atoms with van der Waals surface area (Å²) in [6.45, 7) is 4.52. The number of hydrogen-bond donors (Lipinski definition) is 2. The molecule has 1 unspecified atom stereocenters. The van der Waals surface area contributed by atoms with Crippen LogP contribution < -0.4 is 5.32 Å². The third-order valence-corrected chi connectivity index (χ3v) is 3.46. The molecule has 0 fully saturated rings. The highest BCUT2D eigenvalue weighted by atomic mass is 32.1. The van der Waals surface area contributed by atoms with Crippen LogP contribution in [0.5, 0.6) is 0 Å². The Bertz CT molecular complexity index is 547. The van der Waals surface area contributed by atoms with Crippen LogP contribution in [0.4, 0.5) is 0 Å². The number of hydrogen-bond acceptors (Lipinski definition) is 5. The van der Waals surface area contributed by atoms with E-state index < -0.39 is 5.97 Å². The predicted octanol–water partition coefficient (Wildman–Crippen LogP) is 2.59. The van der Waals surface area contributed by atoms with Gasteiger partial charge in [0.05, 0.1) is 6.04 Å². The molecule has 0 aliphatic rings. The van der Waals surface area contributed by atoms with Crippen LogP contribution in [0.15, 0.2) is 21.9 Å². The Labute approximate surface area is 108 Å². The summed E-state index contributed by atoms with van der Waals surface area (Å²) in [7, 11) is 0. The van der Waals surface area contributed by atoms with Crippen molar-refractivity contribution in [3.05, 3.63) is 39.7 Å². The fourth-order valence-corrected chi connectivity index (χ4v) is 2.25. The molecule has 96 valence electrons. The molecule has 2 aromatic heterocycles. The van der Waals surface area contributed by atoms with E-state index in [0.29, 0.717) is 12.3 Å². The molecule has 0 aliphatic heterocycles. The summed E-state index contributed by atoms with van der Waals surface area (Å²) < 4.78 is 5.22. The summed E-state index contributed by atoms with van der Waals surface area (Å²) in [4.78, 5) is 15.0. The lowest BCUT2D eigenvalue weighted by atomic mass is 10.2. The van der Waals surface area contributed by atoms with Crippen molar-refractivity contribution in [2.75, 3.05) is 0 Å². The van der Waals surface area contributed by atoms with Gasteiger partial charge >= 0.3 is 5.97 Å². The van der Waals surface area contributed by atoms with Crippen LogP contribution in [0, 0.1) is 6.92 Å². The van der Waals surface area contributed by atoms with E-state index >= 15 is 0 Å². The molecule has 0 saturated carbocycles. The Hall–Kier alpha value is -1.66. The first-order valence-electron chi connectivity index (χ1n) is 5.53. The van der Waals surface area contributed by atoms with Gasteiger partial charge in [-0.15, -0.1) is 11.3 Å². The average Bonchev–Trinajstić information content (AvgIpc) is 2.94. The molecule has 6 heteroatoms. The second-order valence-corrected chi connectivity index (χ2v) is 4.94. The summed E-state index contributed by atoms with van der Waals surface area (Å²) in [5.41, 5.74) is 1.01. The summed E-state index contributed by atoms with van der Waals surface area (Å²) >= 11 is 1.60. The molecule has 0 amide bonds. The maximum Gasteiger partial charge on any atom is 0.371 e. The maximum absolute atomic E-state index is 10.7. The van der Waals surface area contributed by atoms with E-state index in [0.717, 1.165) is 10.7 Å². The van der Waals surface area contributed by atoms with Crippen molar-refractivity contribution in [1.29, 1.82) is 0 Å². The molecule has 2 heterocycles. The van der Waals surface area contributed by atoms with E-state index in [1.165, 1.54) is 6.07 Å². The number of carboxylic acid groups (broad SMARTS) is 1. The highest BCUT2D eigenvalue weighted by Gasteiger charge is 2.14. The summed E-state index contributed by atoms with van der Waals surface area (Å²) in [6.07, 6.45) is 0. The molecule has 5 nitrogen and oxygen atoms in total. The number of rotatable bonds is 5. The van der Waals surface area contributed by atoms with Crippen molar-refractivity contribution in [2.45, 2.75) is 26.4 Å². The molecule has 2 aromatic rings. The lowest BCUT2D eigenvalue weighted by Crippen LogP contribution is -2.17. The Morgan fingerprint density at radius 1 is 1.61 bits per heavy atom. The van der Waals surface area contributed by atoms with Crippen LogP contribution in [0.3, 0.4) is 0 Å². The maximum atomic E-state index is 10.7. The topological polar surface area (TPSA) is 75.4 Å².